The molecule has 0 bridgehead atoms. The molecule has 1 unspecified atom stereocenters. The van der Waals surface area contributed by atoms with Gasteiger partial charge in [-0.25, -0.2) is 12.8 Å². The number of nitrogens with one attached hydrogen (secondary N) is 1. The number of halogens is 1. The van der Waals surface area contributed by atoms with Crippen molar-refractivity contribution in [3.63, 3.8) is 0 Å². The molecule has 0 aromatic heterocycles. The second-order valence-corrected chi connectivity index (χ2v) is 6.57. The molecule has 0 saturated carbocycles. The van der Waals surface area contributed by atoms with Gasteiger partial charge in [-0.2, -0.15) is 0 Å². The van der Waals surface area contributed by atoms with Crippen LogP contribution in [-0.2, 0) is 16.3 Å². The van der Waals surface area contributed by atoms with Gasteiger partial charge in [0.1, 0.15) is 5.82 Å². The van der Waals surface area contributed by atoms with E-state index in [1.807, 2.05) is 7.05 Å². The topological polar surface area (TPSA) is 46.2 Å². The summed E-state index contributed by atoms with van der Waals surface area (Å²) in [5.41, 5.74) is 0.624. The van der Waals surface area contributed by atoms with Crippen molar-refractivity contribution in [1.82, 2.24) is 5.32 Å². The Morgan fingerprint density at radius 1 is 1.47 bits per heavy atom. The maximum Gasteiger partial charge on any atom is 0.181 e. The highest BCUT2D eigenvalue weighted by molar-refractivity contribution is 7.92. The summed E-state index contributed by atoms with van der Waals surface area (Å²) in [5, 5.41) is 2.61. The zero-order valence-corrected chi connectivity index (χ0v) is 10.6. The highest BCUT2D eigenvalue weighted by atomic mass is 32.2. The molecule has 1 atom stereocenters. The Kier molecular flexibility index (Phi) is 3.49. The predicted molar refractivity (Wildman–Crippen MR) is 64.2 cm³/mol. The summed E-state index contributed by atoms with van der Waals surface area (Å²) in [4.78, 5) is 0.313. The van der Waals surface area contributed by atoms with Crippen LogP contribution in [0.3, 0.4) is 0 Å². The van der Waals surface area contributed by atoms with Crippen molar-refractivity contribution < 1.29 is 12.8 Å². The first kappa shape index (κ1) is 12.5. The Labute approximate surface area is 101 Å². The summed E-state index contributed by atoms with van der Waals surface area (Å²) in [5.74, 6) is -0.366. The molecule has 0 spiro atoms. The molecule has 0 saturated heterocycles. The third-order valence-electron chi connectivity index (χ3n) is 3.17. The van der Waals surface area contributed by atoms with E-state index in [-0.39, 0.29) is 11.1 Å². The molecule has 0 radical (unpaired) electrons. The largest absolute Gasteiger partial charge is 0.320 e. The van der Waals surface area contributed by atoms with Crippen LogP contribution in [0.25, 0.3) is 0 Å². The first-order valence-corrected chi connectivity index (χ1v) is 7.27. The van der Waals surface area contributed by atoms with E-state index in [9.17, 15) is 12.8 Å². The minimum Gasteiger partial charge on any atom is -0.320 e. The lowest BCUT2D eigenvalue weighted by molar-refractivity contribution is 0.570. The van der Waals surface area contributed by atoms with Crippen molar-refractivity contribution in [2.45, 2.75) is 29.4 Å². The van der Waals surface area contributed by atoms with Crippen LogP contribution in [0.5, 0.6) is 0 Å². The number of hydrogen-bond donors (Lipinski definition) is 1. The highest BCUT2D eigenvalue weighted by Crippen LogP contribution is 2.33. The number of hydrogen-bond acceptors (Lipinski definition) is 3. The van der Waals surface area contributed by atoms with Crippen molar-refractivity contribution in [2.24, 2.45) is 0 Å². The zero-order valence-electron chi connectivity index (χ0n) is 9.74. The fourth-order valence-electron chi connectivity index (χ4n) is 2.28. The fraction of sp³-hybridized carbons (Fsp3) is 0.500. The Morgan fingerprint density at radius 2 is 2.24 bits per heavy atom. The summed E-state index contributed by atoms with van der Waals surface area (Å²) >= 11 is 0. The minimum absolute atomic E-state index is 0.313. The molecule has 1 N–H and O–H groups in total. The van der Waals surface area contributed by atoms with Gasteiger partial charge in [0.2, 0.25) is 0 Å². The van der Waals surface area contributed by atoms with Crippen LogP contribution in [0.2, 0.25) is 0 Å². The molecule has 3 nitrogen and oxygen atoms in total. The summed E-state index contributed by atoms with van der Waals surface area (Å²) in [6, 6.07) is 3.94. The van der Waals surface area contributed by atoms with Crippen molar-refractivity contribution in [1.29, 1.82) is 0 Å². The third kappa shape index (κ3) is 2.35. The molecule has 0 aliphatic carbocycles. The smallest absolute Gasteiger partial charge is 0.181 e. The van der Waals surface area contributed by atoms with E-state index in [2.05, 4.69) is 5.32 Å². The molecule has 1 heterocycles. The van der Waals surface area contributed by atoms with Crippen molar-refractivity contribution in [3.8, 4) is 0 Å². The van der Waals surface area contributed by atoms with Crippen LogP contribution >= 0.6 is 0 Å². The van der Waals surface area contributed by atoms with Gasteiger partial charge in [0.25, 0.3) is 0 Å². The second-order valence-electron chi connectivity index (χ2n) is 4.37. The van der Waals surface area contributed by atoms with Crippen LogP contribution < -0.4 is 5.32 Å². The van der Waals surface area contributed by atoms with E-state index in [0.29, 0.717) is 23.3 Å². The molecule has 94 valence electrons. The van der Waals surface area contributed by atoms with Gasteiger partial charge in [0.15, 0.2) is 9.84 Å². The molecular weight excluding hydrogens is 241 g/mol. The van der Waals surface area contributed by atoms with Gasteiger partial charge in [-0.1, -0.05) is 0 Å². The maximum atomic E-state index is 13.0. The molecular formula is C12H16FNO2S. The maximum absolute atomic E-state index is 13.0. The van der Waals surface area contributed by atoms with Gasteiger partial charge in [-0.15, -0.1) is 0 Å². The van der Waals surface area contributed by atoms with Crippen LogP contribution in [0.15, 0.2) is 23.1 Å². The molecule has 2 rings (SSSR count). The third-order valence-corrected chi connectivity index (χ3v) is 5.46. The monoisotopic (exact) mass is 257 g/mol. The van der Waals surface area contributed by atoms with E-state index in [1.165, 1.54) is 18.2 Å². The number of benzene rings is 1. The summed E-state index contributed by atoms with van der Waals surface area (Å²) in [6.07, 6.45) is 1.88. The van der Waals surface area contributed by atoms with E-state index >= 15 is 0 Å². The highest BCUT2D eigenvalue weighted by Gasteiger charge is 2.36. The Morgan fingerprint density at radius 3 is 2.94 bits per heavy atom. The fourth-order valence-corrected chi connectivity index (χ4v) is 4.28. The molecule has 17 heavy (non-hydrogen) atoms. The molecule has 5 heteroatoms. The van der Waals surface area contributed by atoms with E-state index in [0.717, 1.165) is 13.0 Å². The SMILES string of the molecule is CNCCCC1Cc2cc(F)ccc2S1(=O)=O. The lowest BCUT2D eigenvalue weighted by atomic mass is 10.1. The number of sulfone groups is 1. The van der Waals surface area contributed by atoms with Gasteiger partial charge >= 0.3 is 0 Å². The summed E-state index contributed by atoms with van der Waals surface area (Å²) in [6.45, 7) is 0.802. The van der Waals surface area contributed by atoms with E-state index < -0.39 is 9.84 Å². The first-order valence-electron chi connectivity index (χ1n) is 5.72. The van der Waals surface area contributed by atoms with Gasteiger partial charge in [0.05, 0.1) is 10.1 Å². The Balaban J connectivity index is 2.21. The predicted octanol–water partition coefficient (Wildman–Crippen LogP) is 1.52. The van der Waals surface area contributed by atoms with Gasteiger partial charge in [-0.3, -0.25) is 0 Å². The van der Waals surface area contributed by atoms with Crippen LogP contribution in [0, 0.1) is 5.82 Å². The van der Waals surface area contributed by atoms with Gasteiger partial charge in [0, 0.05) is 0 Å². The number of fused-ring (bicyclic) bond motifs is 1. The molecule has 1 aromatic rings. The number of rotatable bonds is 4. The molecule has 1 aliphatic heterocycles. The van der Waals surface area contributed by atoms with Crippen LogP contribution in [0.1, 0.15) is 18.4 Å². The van der Waals surface area contributed by atoms with Crippen molar-refractivity contribution in [3.05, 3.63) is 29.6 Å². The standard InChI is InChI=1S/C12H16FNO2S/c1-14-6-2-3-11-8-9-7-10(13)4-5-12(9)17(11,15)16/h4-5,7,11,14H,2-3,6,8H2,1H3. The van der Waals surface area contributed by atoms with E-state index in [1.54, 1.807) is 0 Å². The Hall–Kier alpha value is -0.940. The molecule has 1 aromatic carbocycles. The molecule has 0 fully saturated rings. The lowest BCUT2D eigenvalue weighted by Gasteiger charge is -2.08. The summed E-state index contributed by atoms with van der Waals surface area (Å²) in [7, 11) is -1.40. The van der Waals surface area contributed by atoms with Gasteiger partial charge < -0.3 is 5.32 Å². The molecule has 1 aliphatic rings. The van der Waals surface area contributed by atoms with Crippen LogP contribution in [0.4, 0.5) is 4.39 Å². The zero-order chi connectivity index (χ0) is 12.5. The Bertz CT molecular complexity index is 513. The minimum atomic E-state index is -3.24. The van der Waals surface area contributed by atoms with Crippen LogP contribution in [-0.4, -0.2) is 27.3 Å². The average molecular weight is 257 g/mol. The van der Waals surface area contributed by atoms with Crippen molar-refractivity contribution in [2.75, 3.05) is 13.6 Å². The summed E-state index contributed by atoms with van der Waals surface area (Å²) < 4.78 is 37.3. The van der Waals surface area contributed by atoms with E-state index in [4.69, 9.17) is 0 Å². The normalized spacial score (nSPS) is 21.4. The first-order chi connectivity index (χ1) is 8.05. The molecule has 0 amide bonds. The van der Waals surface area contributed by atoms with Gasteiger partial charge in [-0.05, 0) is 56.6 Å². The second kappa shape index (κ2) is 4.74. The lowest BCUT2D eigenvalue weighted by Crippen LogP contribution is -2.19. The quantitative estimate of drug-likeness (QED) is 0.657. The van der Waals surface area contributed by atoms with Crippen molar-refractivity contribution >= 4 is 9.84 Å². The average Bonchev–Trinajstić information content (AvgIpc) is 2.50.